The van der Waals surface area contributed by atoms with Crippen LogP contribution in [-0.4, -0.2) is 47.2 Å². The van der Waals surface area contributed by atoms with E-state index in [1.54, 1.807) is 0 Å². The maximum atomic E-state index is 11.1. The molecule has 170 valence electrons. The maximum absolute atomic E-state index is 11.1. The van der Waals surface area contributed by atoms with Gasteiger partial charge in [0.2, 0.25) is 0 Å². The lowest BCUT2D eigenvalue weighted by molar-refractivity contribution is -0.136. The van der Waals surface area contributed by atoms with Gasteiger partial charge in [-0.15, -0.1) is 0 Å². The van der Waals surface area contributed by atoms with E-state index < -0.39 is 5.97 Å². The molecule has 1 N–H and O–H groups in total. The molecule has 2 saturated carbocycles. The van der Waals surface area contributed by atoms with Crippen molar-refractivity contribution < 1.29 is 9.90 Å². The number of hydrogen-bond acceptors (Lipinski definition) is 3. The number of nitrogens with zero attached hydrogens (tertiary/aromatic N) is 2. The van der Waals surface area contributed by atoms with Gasteiger partial charge in [-0.1, -0.05) is 43.9 Å². The second kappa shape index (κ2) is 9.13. The molecule has 0 spiro atoms. The topological polar surface area (TPSA) is 43.8 Å². The smallest absolute Gasteiger partial charge is 0.303 e. The first-order valence-corrected chi connectivity index (χ1v) is 12.9. The maximum Gasteiger partial charge on any atom is 0.303 e. The van der Waals surface area contributed by atoms with Crippen molar-refractivity contribution in [2.75, 3.05) is 11.9 Å². The summed E-state index contributed by atoms with van der Waals surface area (Å²) in [7, 11) is 2.25. The molecular weight excluding hydrogens is 384 g/mol. The van der Waals surface area contributed by atoms with Gasteiger partial charge in [-0.3, -0.25) is 9.69 Å². The van der Waals surface area contributed by atoms with Gasteiger partial charge in [-0.05, 0) is 74.8 Å². The Balaban J connectivity index is 1.30. The molecule has 4 unspecified atom stereocenters. The number of carboxylic acids is 1. The highest BCUT2D eigenvalue weighted by molar-refractivity contribution is 5.68. The summed E-state index contributed by atoms with van der Waals surface area (Å²) in [5.41, 5.74) is 2.42. The Kier molecular flexibility index (Phi) is 6.28. The number of rotatable bonds is 6. The zero-order valence-corrected chi connectivity index (χ0v) is 19.2. The predicted octanol–water partition coefficient (Wildman–Crippen LogP) is 5.49. The molecule has 2 aliphatic carbocycles. The van der Waals surface area contributed by atoms with Crippen molar-refractivity contribution in [1.82, 2.24) is 4.90 Å². The van der Waals surface area contributed by atoms with Crippen molar-refractivity contribution in [3.63, 3.8) is 0 Å². The summed E-state index contributed by atoms with van der Waals surface area (Å²) in [6.45, 7) is 0. The van der Waals surface area contributed by atoms with Crippen LogP contribution in [0.5, 0.6) is 0 Å². The zero-order valence-electron chi connectivity index (χ0n) is 19.2. The highest BCUT2D eigenvalue weighted by atomic mass is 16.4. The summed E-state index contributed by atoms with van der Waals surface area (Å²) in [5.74, 6) is 1.29. The van der Waals surface area contributed by atoms with Crippen LogP contribution >= 0.6 is 0 Å². The van der Waals surface area contributed by atoms with Gasteiger partial charge in [-0.25, -0.2) is 0 Å². The van der Waals surface area contributed by atoms with Gasteiger partial charge in [0, 0.05) is 43.3 Å². The molecule has 1 aromatic rings. The summed E-state index contributed by atoms with van der Waals surface area (Å²) in [6.07, 6.45) is 16.4. The van der Waals surface area contributed by atoms with E-state index in [1.165, 1.54) is 81.9 Å². The Morgan fingerprint density at radius 3 is 2.26 bits per heavy atom. The predicted molar refractivity (Wildman–Crippen MR) is 126 cm³/mol. The third-order valence-corrected chi connectivity index (χ3v) is 9.06. The largest absolute Gasteiger partial charge is 0.481 e. The lowest BCUT2D eigenvalue weighted by Gasteiger charge is -2.56. The van der Waals surface area contributed by atoms with Crippen LogP contribution in [0.15, 0.2) is 24.3 Å². The van der Waals surface area contributed by atoms with E-state index in [0.717, 1.165) is 30.0 Å². The van der Waals surface area contributed by atoms with Gasteiger partial charge in [0.15, 0.2) is 0 Å². The van der Waals surface area contributed by atoms with E-state index in [4.69, 9.17) is 5.11 Å². The van der Waals surface area contributed by atoms with E-state index >= 15 is 0 Å². The van der Waals surface area contributed by atoms with E-state index in [2.05, 4.69) is 35.0 Å². The SMILES string of the molecule is CN(c1ccccc1CCC(=O)O)C1CC2CCCC(C1)N2C1CC2CCCC(C2)C1. The van der Waals surface area contributed by atoms with Crippen LogP contribution in [-0.2, 0) is 11.2 Å². The molecular formula is C27H40N2O2. The molecule has 4 nitrogen and oxygen atoms in total. The Labute approximate surface area is 188 Å². The van der Waals surface area contributed by atoms with Crippen molar-refractivity contribution in [2.24, 2.45) is 11.8 Å². The minimum atomic E-state index is -0.711. The summed E-state index contributed by atoms with van der Waals surface area (Å²) in [4.78, 5) is 16.6. The molecule has 1 aromatic carbocycles. The molecule has 4 bridgehead atoms. The molecule has 0 amide bonds. The number of aliphatic carboxylic acids is 1. The fraction of sp³-hybridized carbons (Fsp3) is 0.741. The van der Waals surface area contributed by atoms with Gasteiger partial charge in [-0.2, -0.15) is 0 Å². The molecule has 5 rings (SSSR count). The molecule has 4 atom stereocenters. The molecule has 4 heteroatoms. The summed E-state index contributed by atoms with van der Waals surface area (Å²) in [6, 6.07) is 11.4. The quantitative estimate of drug-likeness (QED) is 0.655. The first kappa shape index (κ1) is 21.3. The molecule has 2 saturated heterocycles. The number of anilines is 1. The number of carbonyl (C=O) groups is 1. The van der Waals surface area contributed by atoms with Gasteiger partial charge >= 0.3 is 5.97 Å². The average molecular weight is 425 g/mol. The zero-order chi connectivity index (χ0) is 21.4. The Bertz CT molecular complexity index is 754. The highest BCUT2D eigenvalue weighted by Gasteiger charge is 2.45. The van der Waals surface area contributed by atoms with Crippen LogP contribution < -0.4 is 4.90 Å². The first-order chi connectivity index (χ1) is 15.1. The molecule has 31 heavy (non-hydrogen) atoms. The Hall–Kier alpha value is -1.55. The van der Waals surface area contributed by atoms with Crippen molar-refractivity contribution in [3.8, 4) is 0 Å². The number of carboxylic acid groups (broad SMARTS) is 1. The fourth-order valence-corrected chi connectivity index (χ4v) is 7.75. The third kappa shape index (κ3) is 4.51. The fourth-order valence-electron chi connectivity index (χ4n) is 7.75. The van der Waals surface area contributed by atoms with Gasteiger partial charge in [0.05, 0.1) is 0 Å². The molecule has 0 radical (unpaired) electrons. The lowest BCUT2D eigenvalue weighted by Crippen LogP contribution is -2.61. The van der Waals surface area contributed by atoms with E-state index in [-0.39, 0.29) is 6.42 Å². The van der Waals surface area contributed by atoms with Crippen molar-refractivity contribution in [1.29, 1.82) is 0 Å². The summed E-state index contributed by atoms with van der Waals surface area (Å²) >= 11 is 0. The van der Waals surface area contributed by atoms with Crippen LogP contribution in [0, 0.1) is 11.8 Å². The van der Waals surface area contributed by atoms with Crippen LogP contribution in [0.3, 0.4) is 0 Å². The monoisotopic (exact) mass is 424 g/mol. The van der Waals surface area contributed by atoms with Crippen molar-refractivity contribution in [2.45, 2.75) is 108 Å². The second-order valence-corrected chi connectivity index (χ2v) is 11.0. The van der Waals surface area contributed by atoms with Crippen LogP contribution in [0.1, 0.15) is 82.6 Å². The van der Waals surface area contributed by atoms with Crippen LogP contribution in [0.4, 0.5) is 5.69 Å². The van der Waals surface area contributed by atoms with Crippen molar-refractivity contribution >= 4 is 11.7 Å². The highest BCUT2D eigenvalue weighted by Crippen LogP contribution is 2.46. The van der Waals surface area contributed by atoms with Crippen LogP contribution in [0.25, 0.3) is 0 Å². The number of benzene rings is 1. The van der Waals surface area contributed by atoms with E-state index in [9.17, 15) is 4.79 Å². The van der Waals surface area contributed by atoms with Gasteiger partial charge in [0.25, 0.3) is 0 Å². The molecule has 4 fully saturated rings. The normalized spacial score (nSPS) is 35.5. The third-order valence-electron chi connectivity index (χ3n) is 9.06. The summed E-state index contributed by atoms with van der Waals surface area (Å²) < 4.78 is 0. The number of para-hydroxylation sites is 1. The minimum Gasteiger partial charge on any atom is -0.481 e. The molecule has 2 heterocycles. The standard InChI is InChI=1S/C27H40N2O2/c1-28(26-11-3-2-8-21(26)12-13-27(30)31)24-17-22-9-5-10-23(18-24)29(22)25-15-19-6-4-7-20(14-19)16-25/h2-3,8,11,19-20,22-25H,4-7,9-10,12-18H2,1H3,(H,30,31). The Morgan fingerprint density at radius 2 is 1.58 bits per heavy atom. The summed E-state index contributed by atoms with van der Waals surface area (Å²) in [5, 5.41) is 9.16. The van der Waals surface area contributed by atoms with Crippen LogP contribution in [0.2, 0.25) is 0 Å². The number of hydrogen-bond donors (Lipinski definition) is 1. The van der Waals surface area contributed by atoms with Crippen molar-refractivity contribution in [3.05, 3.63) is 29.8 Å². The minimum absolute atomic E-state index is 0.207. The number of piperidine rings is 2. The van der Waals surface area contributed by atoms with Gasteiger partial charge < -0.3 is 10.0 Å². The lowest BCUT2D eigenvalue weighted by atomic mass is 9.68. The molecule has 0 aromatic heterocycles. The second-order valence-electron chi connectivity index (χ2n) is 11.0. The van der Waals surface area contributed by atoms with Gasteiger partial charge in [0.1, 0.15) is 0 Å². The molecule has 4 aliphatic rings. The molecule has 2 aliphatic heterocycles. The number of aryl methyl sites for hydroxylation is 1. The van der Waals surface area contributed by atoms with E-state index in [1.807, 2.05) is 6.07 Å². The Morgan fingerprint density at radius 1 is 0.935 bits per heavy atom. The first-order valence-electron chi connectivity index (χ1n) is 12.9. The number of fused-ring (bicyclic) bond motifs is 4. The van der Waals surface area contributed by atoms with E-state index in [0.29, 0.717) is 12.5 Å². The average Bonchev–Trinajstić information content (AvgIpc) is 2.76.